The number of thiazole rings is 1. The van der Waals surface area contributed by atoms with E-state index >= 15 is 0 Å². The number of carboxylic acids is 1. The molecule has 1 amide bonds. The largest absolute Gasteiger partial charge is 0.478 e. The SMILES string of the molecule is O=C(Nc1onc(-c2nccs2)c1-c1ccccc1C(=O)O)c1cccc(Cl)c1. The third-order valence-electron chi connectivity index (χ3n) is 4.07. The Morgan fingerprint density at radius 1 is 1.14 bits per heavy atom. The topological polar surface area (TPSA) is 105 Å². The maximum Gasteiger partial charge on any atom is 0.336 e. The predicted molar refractivity (Wildman–Crippen MR) is 109 cm³/mol. The number of amides is 1. The van der Waals surface area contributed by atoms with Crippen LogP contribution < -0.4 is 5.32 Å². The van der Waals surface area contributed by atoms with Gasteiger partial charge in [-0.1, -0.05) is 41.0 Å². The molecular formula is C20H12ClN3O4S. The van der Waals surface area contributed by atoms with E-state index in [-0.39, 0.29) is 11.4 Å². The van der Waals surface area contributed by atoms with Gasteiger partial charge in [0.15, 0.2) is 5.69 Å². The van der Waals surface area contributed by atoms with Crippen LogP contribution in [0.3, 0.4) is 0 Å². The summed E-state index contributed by atoms with van der Waals surface area (Å²) in [6.07, 6.45) is 1.60. The average molecular weight is 426 g/mol. The van der Waals surface area contributed by atoms with Gasteiger partial charge in [0, 0.05) is 27.7 Å². The summed E-state index contributed by atoms with van der Waals surface area (Å²) in [5, 5.41) is 19.0. The Balaban J connectivity index is 1.84. The molecule has 9 heteroatoms. The molecular weight excluding hydrogens is 414 g/mol. The van der Waals surface area contributed by atoms with Crippen LogP contribution in [0.25, 0.3) is 21.8 Å². The number of hydrogen-bond donors (Lipinski definition) is 2. The van der Waals surface area contributed by atoms with Crippen LogP contribution >= 0.6 is 22.9 Å². The maximum absolute atomic E-state index is 12.7. The summed E-state index contributed by atoms with van der Waals surface area (Å²) in [5.41, 5.74) is 1.41. The molecule has 0 aliphatic heterocycles. The lowest BCUT2D eigenvalue weighted by Crippen LogP contribution is -2.12. The molecule has 29 heavy (non-hydrogen) atoms. The number of hydrogen-bond acceptors (Lipinski definition) is 6. The molecule has 0 bridgehead atoms. The first-order chi connectivity index (χ1) is 14.0. The van der Waals surface area contributed by atoms with E-state index in [2.05, 4.69) is 15.5 Å². The standard InChI is InChI=1S/C20H12ClN3O4S/c21-12-5-3-4-11(10-12)17(25)23-18-15(13-6-1-2-7-14(13)20(26)27)16(24-28-18)19-22-8-9-29-19/h1-10H,(H,23,25)(H,26,27). The highest BCUT2D eigenvalue weighted by atomic mass is 35.5. The number of carboxylic acid groups (broad SMARTS) is 1. The molecule has 7 nitrogen and oxygen atoms in total. The fourth-order valence-corrected chi connectivity index (χ4v) is 3.62. The van der Waals surface area contributed by atoms with Crippen LogP contribution in [0.5, 0.6) is 0 Å². The van der Waals surface area contributed by atoms with Crippen molar-refractivity contribution in [2.24, 2.45) is 0 Å². The number of benzene rings is 2. The van der Waals surface area contributed by atoms with E-state index in [1.807, 2.05) is 0 Å². The number of aromatic nitrogens is 2. The van der Waals surface area contributed by atoms with Gasteiger partial charge in [-0.2, -0.15) is 0 Å². The fourth-order valence-electron chi connectivity index (χ4n) is 2.80. The maximum atomic E-state index is 12.7. The molecule has 2 aromatic heterocycles. The number of halogens is 1. The monoisotopic (exact) mass is 425 g/mol. The number of carbonyl (C=O) groups excluding carboxylic acids is 1. The first-order valence-corrected chi connectivity index (χ1v) is 9.59. The average Bonchev–Trinajstić information content (AvgIpc) is 3.37. The van der Waals surface area contributed by atoms with Gasteiger partial charge in [-0.3, -0.25) is 10.1 Å². The molecule has 0 aliphatic carbocycles. The summed E-state index contributed by atoms with van der Waals surface area (Å²) in [7, 11) is 0. The zero-order chi connectivity index (χ0) is 20.4. The molecule has 4 aromatic rings. The normalized spacial score (nSPS) is 10.7. The number of nitrogens with one attached hydrogen (secondary N) is 1. The van der Waals surface area contributed by atoms with E-state index in [4.69, 9.17) is 16.1 Å². The third kappa shape index (κ3) is 3.75. The van der Waals surface area contributed by atoms with Crippen LogP contribution in [0.15, 0.2) is 64.6 Å². The Hall–Kier alpha value is -3.49. The lowest BCUT2D eigenvalue weighted by atomic mass is 9.99. The van der Waals surface area contributed by atoms with Crippen LogP contribution in [0.4, 0.5) is 5.88 Å². The first kappa shape index (κ1) is 18.9. The van der Waals surface area contributed by atoms with Crippen molar-refractivity contribution in [1.82, 2.24) is 10.1 Å². The Kier molecular flexibility index (Phi) is 5.11. The highest BCUT2D eigenvalue weighted by molar-refractivity contribution is 7.13. The molecule has 144 valence electrons. The van der Waals surface area contributed by atoms with E-state index in [9.17, 15) is 14.7 Å². The number of aromatic carboxylic acids is 1. The van der Waals surface area contributed by atoms with Gasteiger partial charge in [0.2, 0.25) is 5.88 Å². The lowest BCUT2D eigenvalue weighted by Gasteiger charge is -2.08. The van der Waals surface area contributed by atoms with Gasteiger partial charge in [-0.05, 0) is 24.3 Å². The van der Waals surface area contributed by atoms with Gasteiger partial charge in [0.25, 0.3) is 5.91 Å². The van der Waals surface area contributed by atoms with Crippen LogP contribution in [0.2, 0.25) is 5.02 Å². The van der Waals surface area contributed by atoms with E-state index in [1.165, 1.54) is 23.5 Å². The van der Waals surface area contributed by atoms with Crippen molar-refractivity contribution < 1.29 is 19.2 Å². The van der Waals surface area contributed by atoms with Gasteiger partial charge >= 0.3 is 5.97 Å². The summed E-state index contributed by atoms with van der Waals surface area (Å²) < 4.78 is 5.39. The summed E-state index contributed by atoms with van der Waals surface area (Å²) in [4.78, 5) is 28.6. The quantitative estimate of drug-likeness (QED) is 0.462. The van der Waals surface area contributed by atoms with Gasteiger partial charge in [0.1, 0.15) is 5.01 Å². The minimum absolute atomic E-state index is 0.0221. The van der Waals surface area contributed by atoms with E-state index in [1.54, 1.807) is 48.0 Å². The summed E-state index contributed by atoms with van der Waals surface area (Å²) in [6.45, 7) is 0. The van der Waals surface area contributed by atoms with E-state index < -0.39 is 11.9 Å². The molecule has 0 saturated carbocycles. The molecule has 0 atom stereocenters. The second-order valence-corrected chi connectivity index (χ2v) is 7.22. The van der Waals surface area contributed by atoms with Gasteiger partial charge < -0.3 is 9.63 Å². The molecule has 4 rings (SSSR count). The number of rotatable bonds is 5. The second-order valence-electron chi connectivity index (χ2n) is 5.89. The Morgan fingerprint density at radius 2 is 1.97 bits per heavy atom. The fraction of sp³-hybridized carbons (Fsp3) is 0. The van der Waals surface area contributed by atoms with E-state index in [0.717, 1.165) is 0 Å². The van der Waals surface area contributed by atoms with Crippen molar-refractivity contribution in [3.8, 4) is 21.8 Å². The Labute approximate surface area is 173 Å². The minimum Gasteiger partial charge on any atom is -0.478 e. The predicted octanol–water partition coefficient (Wildman–Crippen LogP) is 5.07. The number of anilines is 1. The highest BCUT2D eigenvalue weighted by Crippen LogP contribution is 2.40. The van der Waals surface area contributed by atoms with Crippen LogP contribution in [0, 0.1) is 0 Å². The van der Waals surface area contributed by atoms with Crippen molar-refractivity contribution in [2.45, 2.75) is 0 Å². The smallest absolute Gasteiger partial charge is 0.336 e. The summed E-state index contributed by atoms with van der Waals surface area (Å²) in [6, 6.07) is 12.8. The van der Waals surface area contributed by atoms with Crippen LogP contribution in [-0.2, 0) is 0 Å². The Morgan fingerprint density at radius 3 is 2.69 bits per heavy atom. The molecule has 2 aromatic carbocycles. The van der Waals surface area contributed by atoms with Gasteiger partial charge in [-0.15, -0.1) is 11.3 Å². The molecule has 0 radical (unpaired) electrons. The zero-order valence-corrected chi connectivity index (χ0v) is 16.2. The molecule has 2 heterocycles. The highest BCUT2D eigenvalue weighted by Gasteiger charge is 2.26. The number of carbonyl (C=O) groups is 2. The minimum atomic E-state index is -1.11. The van der Waals surface area contributed by atoms with Crippen LogP contribution in [-0.4, -0.2) is 27.1 Å². The van der Waals surface area contributed by atoms with Crippen LogP contribution in [0.1, 0.15) is 20.7 Å². The van der Waals surface area contributed by atoms with Gasteiger partial charge in [0.05, 0.1) is 11.1 Å². The Bertz CT molecular complexity index is 1200. The molecule has 0 fully saturated rings. The van der Waals surface area contributed by atoms with E-state index in [0.29, 0.717) is 32.4 Å². The first-order valence-electron chi connectivity index (χ1n) is 8.33. The second kappa shape index (κ2) is 7.86. The molecule has 0 aliphatic rings. The van der Waals surface area contributed by atoms with Crippen molar-refractivity contribution in [2.75, 3.05) is 5.32 Å². The molecule has 0 spiro atoms. The lowest BCUT2D eigenvalue weighted by molar-refractivity contribution is 0.0697. The molecule has 0 saturated heterocycles. The number of nitrogens with zero attached hydrogens (tertiary/aromatic N) is 2. The van der Waals surface area contributed by atoms with Crippen molar-refractivity contribution >= 4 is 40.7 Å². The van der Waals surface area contributed by atoms with Crippen molar-refractivity contribution in [3.63, 3.8) is 0 Å². The summed E-state index contributed by atoms with van der Waals surface area (Å²) in [5.74, 6) is -1.56. The van der Waals surface area contributed by atoms with Crippen molar-refractivity contribution in [1.29, 1.82) is 0 Å². The third-order valence-corrected chi connectivity index (χ3v) is 5.08. The summed E-state index contributed by atoms with van der Waals surface area (Å²) >= 11 is 7.28. The van der Waals surface area contributed by atoms with Gasteiger partial charge in [-0.25, -0.2) is 9.78 Å². The molecule has 0 unspecified atom stereocenters. The zero-order valence-electron chi connectivity index (χ0n) is 14.6. The molecule has 2 N–H and O–H groups in total. The van der Waals surface area contributed by atoms with Crippen molar-refractivity contribution in [3.05, 3.63) is 76.3 Å².